The SMILES string of the molecule is COCCOc1ccc(-c2nnc(CCC(=O)N3CCC(Cc4ccccc4)CC3)c(=O)[nH]2)cc1. The second-order valence-corrected chi connectivity index (χ2v) is 8.83. The van der Waals surface area contributed by atoms with Crippen molar-refractivity contribution in [2.24, 2.45) is 5.92 Å². The van der Waals surface area contributed by atoms with Gasteiger partial charge in [-0.05, 0) is 55.0 Å². The van der Waals surface area contributed by atoms with E-state index in [1.54, 1.807) is 19.2 Å². The standard InChI is InChI=1S/C27H32N4O4/c1-34-17-18-35-23-9-7-22(8-10-23)26-28-27(33)24(29-30-26)11-12-25(32)31-15-13-21(14-16-31)19-20-5-3-2-4-6-20/h2-10,21H,11-19H2,1H3,(H,28,30,33). The molecule has 8 nitrogen and oxygen atoms in total. The molecule has 1 aliphatic heterocycles. The lowest BCUT2D eigenvalue weighted by molar-refractivity contribution is -0.132. The number of rotatable bonds is 10. The molecule has 4 rings (SSSR count). The molecule has 0 atom stereocenters. The number of aromatic nitrogens is 3. The van der Waals surface area contributed by atoms with Crippen molar-refractivity contribution in [2.45, 2.75) is 32.1 Å². The lowest BCUT2D eigenvalue weighted by Gasteiger charge is -2.32. The van der Waals surface area contributed by atoms with Gasteiger partial charge in [0, 0.05) is 38.6 Å². The molecule has 1 amide bonds. The summed E-state index contributed by atoms with van der Waals surface area (Å²) >= 11 is 0. The summed E-state index contributed by atoms with van der Waals surface area (Å²) in [6, 6.07) is 17.7. The summed E-state index contributed by atoms with van der Waals surface area (Å²) in [5, 5.41) is 8.27. The number of piperidine rings is 1. The molecule has 0 radical (unpaired) electrons. The molecular weight excluding hydrogens is 444 g/mol. The molecule has 1 N–H and O–H groups in total. The fourth-order valence-corrected chi connectivity index (χ4v) is 4.32. The number of carbonyl (C=O) groups is 1. The Hall–Kier alpha value is -3.52. The van der Waals surface area contributed by atoms with Crippen molar-refractivity contribution < 1.29 is 14.3 Å². The second kappa shape index (κ2) is 12.3. The fourth-order valence-electron chi connectivity index (χ4n) is 4.32. The number of amides is 1. The quantitative estimate of drug-likeness (QED) is 0.451. The molecule has 1 aliphatic rings. The van der Waals surface area contributed by atoms with E-state index in [-0.39, 0.29) is 30.0 Å². The van der Waals surface area contributed by atoms with Gasteiger partial charge < -0.3 is 19.4 Å². The van der Waals surface area contributed by atoms with E-state index in [1.165, 1.54) is 5.56 Å². The summed E-state index contributed by atoms with van der Waals surface area (Å²) in [6.45, 7) is 2.51. The zero-order valence-electron chi connectivity index (χ0n) is 20.1. The Labute approximate surface area is 205 Å². The fraction of sp³-hybridized carbons (Fsp3) is 0.407. The van der Waals surface area contributed by atoms with Gasteiger partial charge in [-0.25, -0.2) is 0 Å². The van der Waals surface area contributed by atoms with Gasteiger partial charge in [0.1, 0.15) is 18.1 Å². The molecule has 8 heteroatoms. The number of hydrogen-bond acceptors (Lipinski definition) is 6. The molecule has 3 aromatic rings. The van der Waals surface area contributed by atoms with E-state index < -0.39 is 0 Å². The van der Waals surface area contributed by atoms with Crippen LogP contribution in [0.2, 0.25) is 0 Å². The molecular formula is C27H32N4O4. The number of aromatic amines is 1. The molecule has 0 unspecified atom stereocenters. The van der Waals surface area contributed by atoms with Crippen LogP contribution in [0.3, 0.4) is 0 Å². The number of ether oxygens (including phenoxy) is 2. The minimum Gasteiger partial charge on any atom is -0.491 e. The summed E-state index contributed by atoms with van der Waals surface area (Å²) in [6.07, 6.45) is 3.60. The molecule has 2 heterocycles. The smallest absolute Gasteiger partial charge is 0.273 e. The lowest BCUT2D eigenvalue weighted by Crippen LogP contribution is -2.39. The Bertz CT molecular complexity index is 1140. The largest absolute Gasteiger partial charge is 0.491 e. The Morgan fingerprint density at radius 3 is 2.46 bits per heavy atom. The van der Waals surface area contributed by atoms with Crippen LogP contribution in [0, 0.1) is 5.92 Å². The van der Waals surface area contributed by atoms with Crippen molar-refractivity contribution in [2.75, 3.05) is 33.4 Å². The minimum atomic E-state index is -0.315. The Kier molecular flexibility index (Phi) is 8.62. The average molecular weight is 477 g/mol. The van der Waals surface area contributed by atoms with Gasteiger partial charge in [-0.3, -0.25) is 9.59 Å². The van der Waals surface area contributed by atoms with Crippen LogP contribution in [0.25, 0.3) is 11.4 Å². The molecule has 1 aromatic heterocycles. The third-order valence-corrected chi connectivity index (χ3v) is 6.36. The van der Waals surface area contributed by atoms with Gasteiger partial charge in [0.2, 0.25) is 5.91 Å². The molecule has 0 bridgehead atoms. The number of benzene rings is 2. The topological polar surface area (TPSA) is 97.4 Å². The summed E-state index contributed by atoms with van der Waals surface area (Å²) < 4.78 is 10.5. The molecule has 1 fully saturated rings. The van der Waals surface area contributed by atoms with E-state index in [9.17, 15) is 9.59 Å². The van der Waals surface area contributed by atoms with Gasteiger partial charge in [-0.1, -0.05) is 30.3 Å². The Morgan fingerprint density at radius 2 is 1.77 bits per heavy atom. The summed E-state index contributed by atoms with van der Waals surface area (Å²) in [5.74, 6) is 1.76. The van der Waals surface area contributed by atoms with E-state index in [2.05, 4.69) is 39.4 Å². The van der Waals surface area contributed by atoms with Crippen LogP contribution >= 0.6 is 0 Å². The van der Waals surface area contributed by atoms with Crippen LogP contribution in [0.4, 0.5) is 0 Å². The van der Waals surface area contributed by atoms with Crippen molar-refractivity contribution >= 4 is 5.91 Å². The Balaban J connectivity index is 1.25. The van der Waals surface area contributed by atoms with Crippen LogP contribution in [-0.2, 0) is 22.4 Å². The lowest BCUT2D eigenvalue weighted by atomic mass is 9.90. The Morgan fingerprint density at radius 1 is 1.03 bits per heavy atom. The molecule has 0 spiro atoms. The van der Waals surface area contributed by atoms with Gasteiger partial charge in [0.15, 0.2) is 5.82 Å². The predicted molar refractivity (Wildman–Crippen MR) is 133 cm³/mol. The molecule has 0 saturated carbocycles. The third kappa shape index (κ3) is 6.99. The van der Waals surface area contributed by atoms with Crippen molar-refractivity contribution in [1.29, 1.82) is 0 Å². The zero-order valence-corrected chi connectivity index (χ0v) is 20.1. The average Bonchev–Trinajstić information content (AvgIpc) is 2.89. The van der Waals surface area contributed by atoms with Crippen LogP contribution in [0.15, 0.2) is 59.4 Å². The van der Waals surface area contributed by atoms with E-state index >= 15 is 0 Å². The molecule has 184 valence electrons. The van der Waals surface area contributed by atoms with Crippen LogP contribution in [0.5, 0.6) is 5.75 Å². The molecule has 0 aliphatic carbocycles. The summed E-state index contributed by atoms with van der Waals surface area (Å²) in [5.41, 5.74) is 2.05. The number of hydrogen-bond donors (Lipinski definition) is 1. The highest BCUT2D eigenvalue weighted by molar-refractivity contribution is 5.76. The molecule has 1 saturated heterocycles. The number of aryl methyl sites for hydroxylation is 1. The first-order valence-electron chi connectivity index (χ1n) is 12.1. The van der Waals surface area contributed by atoms with Crippen LogP contribution in [0.1, 0.15) is 30.5 Å². The first kappa shape index (κ1) is 24.6. The third-order valence-electron chi connectivity index (χ3n) is 6.36. The number of nitrogens with one attached hydrogen (secondary N) is 1. The summed E-state index contributed by atoms with van der Waals surface area (Å²) in [4.78, 5) is 29.9. The number of likely N-dealkylation sites (tertiary alicyclic amines) is 1. The van der Waals surface area contributed by atoms with E-state index in [4.69, 9.17) is 9.47 Å². The van der Waals surface area contributed by atoms with Gasteiger partial charge in [0.25, 0.3) is 5.56 Å². The van der Waals surface area contributed by atoms with E-state index in [0.29, 0.717) is 30.7 Å². The molecule has 2 aromatic carbocycles. The molecule has 35 heavy (non-hydrogen) atoms. The summed E-state index contributed by atoms with van der Waals surface area (Å²) in [7, 11) is 1.62. The predicted octanol–water partition coefficient (Wildman–Crippen LogP) is 3.27. The maximum Gasteiger partial charge on any atom is 0.273 e. The van der Waals surface area contributed by atoms with Crippen LogP contribution in [-0.4, -0.2) is 59.4 Å². The number of carbonyl (C=O) groups excluding carboxylic acids is 1. The van der Waals surface area contributed by atoms with Crippen LogP contribution < -0.4 is 10.3 Å². The first-order chi connectivity index (χ1) is 17.1. The highest BCUT2D eigenvalue weighted by atomic mass is 16.5. The maximum absolute atomic E-state index is 12.7. The number of methoxy groups -OCH3 is 1. The van der Waals surface area contributed by atoms with E-state index in [0.717, 1.165) is 37.9 Å². The van der Waals surface area contributed by atoms with Crippen molar-refractivity contribution in [3.63, 3.8) is 0 Å². The number of nitrogens with zero attached hydrogens (tertiary/aromatic N) is 3. The van der Waals surface area contributed by atoms with Crippen molar-refractivity contribution in [3.8, 4) is 17.1 Å². The zero-order chi connectivity index (χ0) is 24.5. The highest BCUT2D eigenvalue weighted by Crippen LogP contribution is 2.22. The monoisotopic (exact) mass is 476 g/mol. The normalized spacial score (nSPS) is 14.1. The number of H-pyrrole nitrogens is 1. The van der Waals surface area contributed by atoms with Gasteiger partial charge >= 0.3 is 0 Å². The van der Waals surface area contributed by atoms with Crippen molar-refractivity contribution in [3.05, 3.63) is 76.2 Å². The van der Waals surface area contributed by atoms with Crippen molar-refractivity contribution in [1.82, 2.24) is 20.1 Å². The highest BCUT2D eigenvalue weighted by Gasteiger charge is 2.23. The van der Waals surface area contributed by atoms with Gasteiger partial charge in [-0.15, -0.1) is 10.2 Å². The maximum atomic E-state index is 12.7. The van der Waals surface area contributed by atoms with E-state index in [1.807, 2.05) is 23.1 Å². The second-order valence-electron chi connectivity index (χ2n) is 8.83. The van der Waals surface area contributed by atoms with Gasteiger partial charge in [-0.2, -0.15) is 0 Å². The van der Waals surface area contributed by atoms with Gasteiger partial charge in [0.05, 0.1) is 6.61 Å². The first-order valence-corrected chi connectivity index (χ1v) is 12.1. The minimum absolute atomic E-state index is 0.0671.